The number of hydrogen-bond donors (Lipinski definition) is 1. The average Bonchev–Trinajstić information content (AvgIpc) is 3.71. The molecule has 0 atom stereocenters. The summed E-state index contributed by atoms with van der Waals surface area (Å²) in [6, 6.07) is 15.2. The summed E-state index contributed by atoms with van der Waals surface area (Å²) in [5.41, 5.74) is 2.09. The lowest BCUT2D eigenvalue weighted by Gasteiger charge is -2.27. The van der Waals surface area contributed by atoms with Crippen molar-refractivity contribution in [1.29, 1.82) is 5.26 Å². The Hall–Kier alpha value is -4.44. The number of sulfonamides is 1. The van der Waals surface area contributed by atoms with E-state index in [1.807, 2.05) is 6.07 Å². The first-order chi connectivity index (χ1) is 18.9. The van der Waals surface area contributed by atoms with Crippen LogP contribution in [0.1, 0.15) is 18.4 Å². The predicted molar refractivity (Wildman–Crippen MR) is 141 cm³/mol. The van der Waals surface area contributed by atoms with Crippen LogP contribution in [0.3, 0.4) is 0 Å². The molecule has 3 aromatic carbocycles. The highest BCUT2D eigenvalue weighted by Crippen LogP contribution is 2.38. The Kier molecular flexibility index (Phi) is 6.97. The number of nitrogens with one attached hydrogen (secondary N) is 1. The highest BCUT2D eigenvalue weighted by molar-refractivity contribution is 7.92. The first-order valence-electron chi connectivity index (χ1n) is 12.0. The molecule has 0 saturated heterocycles. The van der Waals surface area contributed by atoms with Gasteiger partial charge in [0, 0.05) is 17.4 Å². The maximum absolute atomic E-state index is 14.9. The van der Waals surface area contributed by atoms with Gasteiger partial charge in [-0.25, -0.2) is 17.8 Å². The van der Waals surface area contributed by atoms with Crippen molar-refractivity contribution < 1.29 is 30.7 Å². The molecule has 13 heteroatoms. The van der Waals surface area contributed by atoms with E-state index in [1.165, 1.54) is 24.4 Å². The first-order valence-corrected chi connectivity index (χ1v) is 13.9. The molecule has 1 aliphatic rings. The Morgan fingerprint density at radius 1 is 1.05 bits per heavy atom. The lowest BCUT2D eigenvalue weighted by Crippen LogP contribution is -2.30. The van der Waals surface area contributed by atoms with Gasteiger partial charge in [-0.1, -0.05) is 18.2 Å². The largest absolute Gasteiger partial charge is 0.486 e. The van der Waals surface area contributed by atoms with E-state index in [-0.39, 0.29) is 34.6 Å². The van der Waals surface area contributed by atoms with E-state index < -0.39 is 28.6 Å². The quantitative estimate of drug-likeness (QED) is 0.262. The van der Waals surface area contributed by atoms with Gasteiger partial charge in [0.15, 0.2) is 17.4 Å². The van der Waals surface area contributed by atoms with Gasteiger partial charge in [-0.15, -0.1) is 0 Å². The van der Waals surface area contributed by atoms with E-state index in [4.69, 9.17) is 4.74 Å². The van der Waals surface area contributed by atoms with Crippen LogP contribution >= 0.6 is 0 Å². The summed E-state index contributed by atoms with van der Waals surface area (Å²) >= 11 is 0. The lowest BCUT2D eigenvalue weighted by molar-refractivity contribution is -0.118. The molecular formula is C27H21F4N5O3S. The highest BCUT2D eigenvalue weighted by Gasteiger charge is 2.33. The number of alkyl halides is 3. The second kappa shape index (κ2) is 10.3. The normalized spacial score (nSPS) is 13.6. The summed E-state index contributed by atoms with van der Waals surface area (Å²) in [5.74, 6) is -1.09. The summed E-state index contributed by atoms with van der Waals surface area (Å²) in [5, 5.41) is 9.51. The standard InChI is InChI=1S/C27H21F4N5O3S/c1-40(37,38)35-25-14-33-24-11-17(4-9-23(24)34-25)16-2-5-19(6-3-16)36(15-27(29,30)31)20-10-18(13-32)26(22(28)12-20)39-21-7-8-21/h2-6,9-12,14,21H,7-8,15H2,1H3,(H,34,35). The predicted octanol–water partition coefficient (Wildman–Crippen LogP) is 5.92. The SMILES string of the molecule is CS(=O)(=O)Nc1cnc2cc(-c3ccc(N(CC(F)(F)F)c4cc(F)c(OC5CC5)c(C#N)c4)cc3)ccc2n1. The molecule has 0 spiro atoms. The van der Waals surface area contributed by atoms with Crippen molar-refractivity contribution >= 4 is 38.2 Å². The van der Waals surface area contributed by atoms with Gasteiger partial charge >= 0.3 is 6.18 Å². The zero-order valence-electron chi connectivity index (χ0n) is 20.9. The maximum atomic E-state index is 14.9. The number of halogens is 4. The molecule has 0 radical (unpaired) electrons. The zero-order valence-corrected chi connectivity index (χ0v) is 21.7. The number of anilines is 3. The van der Waals surface area contributed by atoms with Gasteiger partial charge in [0.2, 0.25) is 10.0 Å². The third kappa shape index (κ3) is 6.40. The molecule has 0 aliphatic heterocycles. The van der Waals surface area contributed by atoms with E-state index in [2.05, 4.69) is 14.7 Å². The molecule has 8 nitrogen and oxygen atoms in total. The number of aromatic nitrogens is 2. The van der Waals surface area contributed by atoms with E-state index in [9.17, 15) is 31.2 Å². The lowest BCUT2D eigenvalue weighted by atomic mass is 10.0. The highest BCUT2D eigenvalue weighted by atomic mass is 32.2. The van der Waals surface area contributed by atoms with E-state index in [0.29, 0.717) is 22.2 Å². The fourth-order valence-electron chi connectivity index (χ4n) is 4.06. The van der Waals surface area contributed by atoms with Crippen LogP contribution in [0.2, 0.25) is 0 Å². The fourth-order valence-corrected chi connectivity index (χ4v) is 4.54. The third-order valence-corrected chi connectivity index (χ3v) is 6.53. The summed E-state index contributed by atoms with van der Waals surface area (Å²) in [4.78, 5) is 9.34. The van der Waals surface area contributed by atoms with E-state index in [0.717, 1.165) is 30.1 Å². The number of nitriles is 1. The number of benzene rings is 3. The van der Waals surface area contributed by atoms with Gasteiger partial charge in [0.25, 0.3) is 0 Å². The Morgan fingerprint density at radius 2 is 1.75 bits per heavy atom. The monoisotopic (exact) mass is 571 g/mol. The van der Waals surface area contributed by atoms with Crippen LogP contribution in [-0.4, -0.2) is 43.5 Å². The minimum absolute atomic E-state index is 0.0694. The zero-order chi connectivity index (χ0) is 28.7. The molecule has 4 aromatic rings. The Balaban J connectivity index is 1.46. The summed E-state index contributed by atoms with van der Waals surface area (Å²) in [7, 11) is -3.52. The van der Waals surface area contributed by atoms with E-state index >= 15 is 0 Å². The molecule has 206 valence electrons. The van der Waals surface area contributed by atoms with Crippen molar-refractivity contribution in [2.45, 2.75) is 25.1 Å². The van der Waals surface area contributed by atoms with Crippen LogP contribution in [0, 0.1) is 17.1 Å². The van der Waals surface area contributed by atoms with Gasteiger partial charge in [0.1, 0.15) is 12.6 Å². The van der Waals surface area contributed by atoms with Gasteiger partial charge < -0.3 is 9.64 Å². The van der Waals surface area contributed by atoms with Crippen LogP contribution < -0.4 is 14.4 Å². The Morgan fingerprint density at radius 3 is 2.38 bits per heavy atom. The average molecular weight is 572 g/mol. The second-order valence-electron chi connectivity index (χ2n) is 9.31. The third-order valence-electron chi connectivity index (χ3n) is 5.95. The molecule has 1 heterocycles. The van der Waals surface area contributed by atoms with Crippen LogP contribution in [0.5, 0.6) is 5.75 Å². The van der Waals surface area contributed by atoms with Gasteiger partial charge in [-0.3, -0.25) is 9.71 Å². The van der Waals surface area contributed by atoms with Crippen LogP contribution in [0.15, 0.2) is 60.8 Å². The molecule has 5 rings (SSSR count). The van der Waals surface area contributed by atoms with Crippen molar-refractivity contribution in [3.63, 3.8) is 0 Å². The smallest absolute Gasteiger partial charge is 0.406 e. The molecule has 1 aliphatic carbocycles. The van der Waals surface area contributed by atoms with Gasteiger partial charge in [0.05, 0.1) is 35.2 Å². The van der Waals surface area contributed by atoms with Crippen molar-refractivity contribution in [1.82, 2.24) is 9.97 Å². The molecule has 1 aromatic heterocycles. The molecule has 1 N–H and O–H groups in total. The molecule has 1 saturated carbocycles. The number of hydrogen-bond acceptors (Lipinski definition) is 7. The molecule has 0 bridgehead atoms. The number of fused-ring (bicyclic) bond motifs is 1. The molecule has 0 amide bonds. The van der Waals surface area contributed by atoms with Crippen LogP contribution in [-0.2, 0) is 10.0 Å². The minimum Gasteiger partial charge on any atom is -0.486 e. The molecule has 1 fully saturated rings. The number of ether oxygens (including phenoxy) is 1. The second-order valence-corrected chi connectivity index (χ2v) is 11.1. The molecule has 40 heavy (non-hydrogen) atoms. The molecule has 0 unspecified atom stereocenters. The first kappa shape index (κ1) is 27.1. The van der Waals surface area contributed by atoms with Crippen molar-refractivity contribution in [3.8, 4) is 22.9 Å². The molecular weight excluding hydrogens is 550 g/mol. The van der Waals surface area contributed by atoms with Crippen molar-refractivity contribution in [2.75, 3.05) is 22.4 Å². The maximum Gasteiger partial charge on any atom is 0.406 e. The van der Waals surface area contributed by atoms with Gasteiger partial charge in [-0.05, 0) is 54.3 Å². The van der Waals surface area contributed by atoms with Crippen LogP contribution in [0.4, 0.5) is 34.8 Å². The summed E-state index contributed by atoms with van der Waals surface area (Å²) in [6.07, 6.45) is -1.08. The van der Waals surface area contributed by atoms with E-state index in [1.54, 1.807) is 30.3 Å². The minimum atomic E-state index is -4.62. The summed E-state index contributed by atoms with van der Waals surface area (Å²) in [6.45, 7) is -1.41. The number of rotatable bonds is 8. The van der Waals surface area contributed by atoms with Crippen LogP contribution in [0.25, 0.3) is 22.2 Å². The topological polar surface area (TPSA) is 108 Å². The fraction of sp³-hybridized carbons (Fsp3) is 0.222. The number of nitrogens with zero attached hydrogens (tertiary/aromatic N) is 4. The van der Waals surface area contributed by atoms with Gasteiger partial charge in [-0.2, -0.15) is 18.4 Å². The Labute approximate surface area is 226 Å². The summed E-state index contributed by atoms with van der Waals surface area (Å²) < 4.78 is 86.2. The van der Waals surface area contributed by atoms with Crippen molar-refractivity contribution in [2.24, 2.45) is 0 Å². The Bertz CT molecular complexity index is 1730. The van der Waals surface area contributed by atoms with Crippen molar-refractivity contribution in [3.05, 3.63) is 72.2 Å².